The first kappa shape index (κ1) is 19.3. The number of likely N-dealkylation sites (tertiary alicyclic amines) is 1. The SMILES string of the molecule is CC(=O)SCC(C)C(=O)N1C[C@H](OC(=O)N(C)C)C[C@H]1C(=O)O. The van der Waals surface area contributed by atoms with E-state index in [9.17, 15) is 24.3 Å². The van der Waals surface area contributed by atoms with Gasteiger partial charge in [0.25, 0.3) is 0 Å². The number of aliphatic carboxylic acids is 1. The molecular weight excluding hydrogens is 324 g/mol. The van der Waals surface area contributed by atoms with Crippen molar-refractivity contribution in [2.45, 2.75) is 32.4 Å². The molecule has 1 N–H and O–H groups in total. The Balaban J connectivity index is 2.74. The van der Waals surface area contributed by atoms with E-state index in [1.54, 1.807) is 6.92 Å². The highest BCUT2D eigenvalue weighted by atomic mass is 32.2. The largest absolute Gasteiger partial charge is 0.480 e. The summed E-state index contributed by atoms with van der Waals surface area (Å²) in [5.41, 5.74) is 0. The number of nitrogens with zero attached hydrogens (tertiary/aromatic N) is 2. The smallest absolute Gasteiger partial charge is 0.409 e. The first-order chi connectivity index (χ1) is 10.6. The summed E-state index contributed by atoms with van der Waals surface area (Å²) in [5, 5.41) is 9.19. The molecule has 2 amide bonds. The number of hydrogen-bond acceptors (Lipinski definition) is 6. The van der Waals surface area contributed by atoms with Crippen molar-refractivity contribution >= 4 is 34.8 Å². The first-order valence-electron chi connectivity index (χ1n) is 7.18. The van der Waals surface area contributed by atoms with E-state index in [0.717, 1.165) is 11.8 Å². The van der Waals surface area contributed by atoms with Crippen molar-refractivity contribution in [1.29, 1.82) is 0 Å². The number of hydrogen-bond donors (Lipinski definition) is 1. The molecule has 9 heteroatoms. The molecule has 1 fully saturated rings. The monoisotopic (exact) mass is 346 g/mol. The molecule has 0 bridgehead atoms. The quantitative estimate of drug-likeness (QED) is 0.779. The van der Waals surface area contributed by atoms with Crippen LogP contribution in [0, 0.1) is 5.92 Å². The van der Waals surface area contributed by atoms with Crippen LogP contribution in [0.1, 0.15) is 20.3 Å². The second-order valence-corrected chi connectivity index (χ2v) is 6.88. The number of carbonyl (C=O) groups excluding carboxylic acids is 3. The van der Waals surface area contributed by atoms with E-state index in [2.05, 4.69) is 0 Å². The van der Waals surface area contributed by atoms with Gasteiger partial charge in [0.2, 0.25) is 5.91 Å². The summed E-state index contributed by atoms with van der Waals surface area (Å²) in [6.45, 7) is 3.11. The van der Waals surface area contributed by atoms with Crippen LogP contribution >= 0.6 is 11.8 Å². The molecule has 1 aliphatic heterocycles. The zero-order valence-corrected chi connectivity index (χ0v) is 14.5. The highest BCUT2D eigenvalue weighted by molar-refractivity contribution is 8.13. The molecule has 0 aliphatic carbocycles. The molecule has 23 heavy (non-hydrogen) atoms. The molecule has 0 aromatic rings. The minimum absolute atomic E-state index is 0.0461. The number of carbonyl (C=O) groups is 4. The van der Waals surface area contributed by atoms with Gasteiger partial charge in [-0.3, -0.25) is 9.59 Å². The molecule has 8 nitrogen and oxygen atoms in total. The van der Waals surface area contributed by atoms with Crippen molar-refractivity contribution in [1.82, 2.24) is 9.80 Å². The minimum Gasteiger partial charge on any atom is -0.480 e. The molecule has 0 radical (unpaired) electrons. The second kappa shape index (κ2) is 8.19. The lowest BCUT2D eigenvalue weighted by atomic mass is 10.1. The van der Waals surface area contributed by atoms with Crippen molar-refractivity contribution in [3.8, 4) is 0 Å². The number of carboxylic acids is 1. The number of thioether (sulfide) groups is 1. The third kappa shape index (κ3) is 5.42. The maximum absolute atomic E-state index is 12.4. The van der Waals surface area contributed by atoms with E-state index in [0.29, 0.717) is 5.75 Å². The summed E-state index contributed by atoms with van der Waals surface area (Å²) in [6.07, 6.45) is -1.16. The molecule has 1 unspecified atom stereocenters. The van der Waals surface area contributed by atoms with Crippen molar-refractivity contribution < 1.29 is 29.0 Å². The molecule has 1 heterocycles. The van der Waals surface area contributed by atoms with Gasteiger partial charge in [0.05, 0.1) is 6.54 Å². The standard InChI is InChI=1S/C14H22N2O6S/c1-8(7-23-9(2)17)12(18)16-6-10(5-11(16)13(19)20)22-14(21)15(3)4/h8,10-11H,5-7H2,1-4H3,(H,19,20)/t8?,10-,11+/m1/s1. The Labute approximate surface area is 139 Å². The van der Waals surface area contributed by atoms with Gasteiger partial charge >= 0.3 is 12.1 Å². The van der Waals surface area contributed by atoms with Crippen LogP contribution in [-0.2, 0) is 19.1 Å². The Morgan fingerprint density at radius 1 is 1.35 bits per heavy atom. The predicted octanol–water partition coefficient (Wildman–Crippen LogP) is 0.655. The third-order valence-corrected chi connectivity index (χ3v) is 4.49. The molecule has 3 atom stereocenters. The van der Waals surface area contributed by atoms with Crippen molar-refractivity contribution in [2.24, 2.45) is 5.92 Å². The van der Waals surface area contributed by atoms with E-state index >= 15 is 0 Å². The fraction of sp³-hybridized carbons (Fsp3) is 0.714. The summed E-state index contributed by atoms with van der Waals surface area (Å²) in [5.74, 6) is -1.68. The van der Waals surface area contributed by atoms with Gasteiger partial charge in [-0.1, -0.05) is 18.7 Å². The summed E-state index contributed by atoms with van der Waals surface area (Å²) in [7, 11) is 3.05. The Morgan fingerprint density at radius 2 is 1.96 bits per heavy atom. The van der Waals surface area contributed by atoms with Crippen LogP contribution in [0.2, 0.25) is 0 Å². The topological polar surface area (TPSA) is 104 Å². The van der Waals surface area contributed by atoms with Gasteiger partial charge < -0.3 is 19.6 Å². The van der Waals surface area contributed by atoms with Gasteiger partial charge in [0.1, 0.15) is 12.1 Å². The van der Waals surface area contributed by atoms with Crippen molar-refractivity contribution in [2.75, 3.05) is 26.4 Å². The molecule has 1 aliphatic rings. The second-order valence-electron chi connectivity index (χ2n) is 5.68. The van der Waals surface area contributed by atoms with E-state index < -0.39 is 30.1 Å². The predicted molar refractivity (Wildman–Crippen MR) is 84.0 cm³/mol. The summed E-state index contributed by atoms with van der Waals surface area (Å²) in [4.78, 5) is 48.8. The number of ether oxygens (including phenoxy) is 1. The molecule has 130 valence electrons. The Bertz CT molecular complexity index is 496. The van der Waals surface area contributed by atoms with Crippen LogP contribution in [0.3, 0.4) is 0 Å². The van der Waals surface area contributed by atoms with Crippen molar-refractivity contribution in [3.63, 3.8) is 0 Å². The van der Waals surface area contributed by atoms with Crippen LogP contribution in [-0.4, -0.2) is 76.5 Å². The fourth-order valence-electron chi connectivity index (χ4n) is 2.21. The van der Waals surface area contributed by atoms with Gasteiger partial charge in [-0.05, 0) is 0 Å². The summed E-state index contributed by atoms with van der Waals surface area (Å²) in [6, 6.07) is -1.02. The van der Waals surface area contributed by atoms with E-state index in [4.69, 9.17) is 4.74 Å². The maximum Gasteiger partial charge on any atom is 0.409 e. The maximum atomic E-state index is 12.4. The highest BCUT2D eigenvalue weighted by Crippen LogP contribution is 2.24. The van der Waals surface area contributed by atoms with Gasteiger partial charge in [0.15, 0.2) is 5.12 Å². The van der Waals surface area contributed by atoms with Gasteiger partial charge in [-0.2, -0.15) is 0 Å². The average Bonchev–Trinajstić information content (AvgIpc) is 2.87. The minimum atomic E-state index is -1.13. The Kier molecular flexibility index (Phi) is 6.86. The molecule has 0 spiro atoms. The van der Waals surface area contributed by atoms with Crippen LogP contribution in [0.4, 0.5) is 4.79 Å². The fourth-order valence-corrected chi connectivity index (χ4v) is 2.83. The van der Waals surface area contributed by atoms with E-state index in [1.165, 1.54) is 30.8 Å². The Morgan fingerprint density at radius 3 is 2.43 bits per heavy atom. The molecule has 0 aromatic carbocycles. The zero-order chi connectivity index (χ0) is 17.7. The molecule has 0 aromatic heterocycles. The van der Waals surface area contributed by atoms with Gasteiger partial charge in [-0.25, -0.2) is 9.59 Å². The lowest BCUT2D eigenvalue weighted by Gasteiger charge is -2.24. The van der Waals surface area contributed by atoms with Gasteiger partial charge in [-0.15, -0.1) is 0 Å². The van der Waals surface area contributed by atoms with E-state index in [-0.39, 0.29) is 24.0 Å². The average molecular weight is 346 g/mol. The van der Waals surface area contributed by atoms with E-state index in [1.807, 2.05) is 0 Å². The summed E-state index contributed by atoms with van der Waals surface area (Å²) < 4.78 is 5.18. The first-order valence-corrected chi connectivity index (χ1v) is 8.16. The molecule has 1 rings (SSSR count). The molecule has 0 saturated carbocycles. The third-order valence-electron chi connectivity index (χ3n) is 3.42. The zero-order valence-electron chi connectivity index (χ0n) is 13.6. The van der Waals surface area contributed by atoms with Crippen LogP contribution in [0.5, 0.6) is 0 Å². The van der Waals surface area contributed by atoms with Gasteiger partial charge in [0, 0.05) is 39.1 Å². The Hall–Kier alpha value is -1.77. The number of carboxylic acid groups (broad SMARTS) is 1. The lowest BCUT2D eigenvalue weighted by Crippen LogP contribution is -2.43. The highest BCUT2D eigenvalue weighted by Gasteiger charge is 2.42. The molecular formula is C14H22N2O6S. The normalized spacial score (nSPS) is 21.7. The molecule has 1 saturated heterocycles. The number of amides is 2. The number of rotatable bonds is 5. The summed E-state index contributed by atoms with van der Waals surface area (Å²) >= 11 is 1.03. The van der Waals surface area contributed by atoms with Crippen molar-refractivity contribution in [3.05, 3.63) is 0 Å². The lowest BCUT2D eigenvalue weighted by molar-refractivity contribution is -0.149. The van der Waals surface area contributed by atoms with Crippen LogP contribution < -0.4 is 0 Å². The van der Waals surface area contributed by atoms with Crippen LogP contribution in [0.15, 0.2) is 0 Å². The van der Waals surface area contributed by atoms with Crippen LogP contribution in [0.25, 0.3) is 0 Å².